The third kappa shape index (κ3) is 3.61. The molecule has 0 spiro atoms. The van der Waals surface area contributed by atoms with Crippen molar-refractivity contribution in [3.63, 3.8) is 0 Å². The molecule has 4 aromatic rings. The standard InChI is InChI=1S/C26H19N5O5/c1-30-11-10-27-25(30)15-2-5-17(6-3-15)28-24(16-4-9-21-22(12-16)36-14-35-21)23-19-8-7-18(31(33)34)13-20(19)29-26(23)32/h2-13,28H,14H2,1H3,(H,29,32)/b24-23-. The number of nitrogens with one attached hydrogen (secondary N) is 2. The summed E-state index contributed by atoms with van der Waals surface area (Å²) in [6.45, 7) is 0.125. The molecule has 36 heavy (non-hydrogen) atoms. The van der Waals surface area contributed by atoms with Gasteiger partial charge in [-0.25, -0.2) is 4.98 Å². The first kappa shape index (κ1) is 21.4. The first-order valence-corrected chi connectivity index (χ1v) is 11.1. The van der Waals surface area contributed by atoms with Crippen LogP contribution >= 0.6 is 0 Å². The van der Waals surface area contributed by atoms with Gasteiger partial charge in [-0.15, -0.1) is 0 Å². The van der Waals surface area contributed by atoms with Crippen LogP contribution < -0.4 is 20.1 Å². The van der Waals surface area contributed by atoms with Gasteiger partial charge in [-0.05, 0) is 48.5 Å². The molecule has 1 amide bonds. The fourth-order valence-corrected chi connectivity index (χ4v) is 4.34. The molecule has 0 bridgehead atoms. The van der Waals surface area contributed by atoms with Crippen molar-refractivity contribution in [2.45, 2.75) is 0 Å². The molecule has 0 atom stereocenters. The van der Waals surface area contributed by atoms with E-state index in [0.717, 1.165) is 17.1 Å². The fraction of sp³-hybridized carbons (Fsp3) is 0.0769. The van der Waals surface area contributed by atoms with Crippen molar-refractivity contribution >= 4 is 34.2 Å². The number of imidazole rings is 1. The highest BCUT2D eigenvalue weighted by atomic mass is 16.7. The zero-order valence-electron chi connectivity index (χ0n) is 19.0. The number of fused-ring (bicyclic) bond motifs is 2. The number of ether oxygens (including phenoxy) is 2. The maximum absolute atomic E-state index is 13.2. The van der Waals surface area contributed by atoms with Gasteiger partial charge in [-0.3, -0.25) is 14.9 Å². The van der Waals surface area contributed by atoms with E-state index >= 15 is 0 Å². The Morgan fingerprint density at radius 2 is 1.89 bits per heavy atom. The molecule has 178 valence electrons. The van der Waals surface area contributed by atoms with Gasteiger partial charge < -0.3 is 24.7 Å². The van der Waals surface area contributed by atoms with Gasteiger partial charge in [0.2, 0.25) is 6.79 Å². The van der Waals surface area contributed by atoms with Gasteiger partial charge in [0.1, 0.15) is 5.82 Å². The number of aromatic nitrogens is 2. The van der Waals surface area contributed by atoms with Crippen molar-refractivity contribution < 1.29 is 19.2 Å². The topological polar surface area (TPSA) is 121 Å². The number of anilines is 2. The number of hydrogen-bond donors (Lipinski definition) is 2. The zero-order valence-corrected chi connectivity index (χ0v) is 19.0. The number of rotatable bonds is 5. The number of nitrogens with zero attached hydrogens (tertiary/aromatic N) is 3. The van der Waals surface area contributed by atoms with Crippen LogP contribution in [0.3, 0.4) is 0 Å². The number of hydrogen-bond acceptors (Lipinski definition) is 7. The second kappa shape index (κ2) is 8.27. The lowest BCUT2D eigenvalue weighted by Crippen LogP contribution is -2.10. The lowest BCUT2D eigenvalue weighted by molar-refractivity contribution is -0.384. The number of amides is 1. The van der Waals surface area contributed by atoms with Gasteiger partial charge in [0.05, 0.1) is 21.9 Å². The number of carbonyl (C=O) groups excluding carboxylic acids is 1. The highest BCUT2D eigenvalue weighted by molar-refractivity contribution is 6.37. The Hall–Kier alpha value is -5.12. The largest absolute Gasteiger partial charge is 0.454 e. The normalized spacial score (nSPS) is 14.9. The first-order chi connectivity index (χ1) is 17.5. The average Bonchev–Trinajstić information content (AvgIpc) is 3.60. The Morgan fingerprint density at radius 3 is 2.64 bits per heavy atom. The zero-order chi connectivity index (χ0) is 24.8. The molecule has 3 aromatic carbocycles. The van der Waals surface area contributed by atoms with Crippen molar-refractivity contribution in [1.82, 2.24) is 9.55 Å². The number of carbonyl (C=O) groups is 1. The third-order valence-corrected chi connectivity index (χ3v) is 6.10. The summed E-state index contributed by atoms with van der Waals surface area (Å²) in [7, 11) is 1.93. The monoisotopic (exact) mass is 481 g/mol. The van der Waals surface area contributed by atoms with E-state index in [4.69, 9.17) is 9.47 Å². The number of nitro benzene ring substituents is 1. The van der Waals surface area contributed by atoms with Gasteiger partial charge in [0.15, 0.2) is 11.5 Å². The second-order valence-corrected chi connectivity index (χ2v) is 8.32. The van der Waals surface area contributed by atoms with Crippen LogP contribution in [-0.2, 0) is 11.8 Å². The highest BCUT2D eigenvalue weighted by Gasteiger charge is 2.30. The molecule has 0 saturated carbocycles. The molecular weight excluding hydrogens is 462 g/mol. The van der Waals surface area contributed by atoms with Crippen LogP contribution in [0.2, 0.25) is 0 Å². The van der Waals surface area contributed by atoms with Crippen LogP contribution in [0.15, 0.2) is 73.1 Å². The van der Waals surface area contributed by atoms with E-state index in [1.54, 1.807) is 24.4 Å². The molecule has 0 saturated heterocycles. The van der Waals surface area contributed by atoms with E-state index in [1.165, 1.54) is 12.1 Å². The summed E-state index contributed by atoms with van der Waals surface area (Å²) in [5, 5.41) is 17.4. The fourth-order valence-electron chi connectivity index (χ4n) is 4.34. The Bertz CT molecular complexity index is 1570. The van der Waals surface area contributed by atoms with Crippen molar-refractivity contribution in [2.24, 2.45) is 7.05 Å². The van der Waals surface area contributed by atoms with E-state index in [2.05, 4.69) is 15.6 Å². The van der Waals surface area contributed by atoms with Gasteiger partial charge in [-0.1, -0.05) is 0 Å². The summed E-state index contributed by atoms with van der Waals surface area (Å²) in [5.41, 5.74) is 4.14. The van der Waals surface area contributed by atoms with Gasteiger partial charge in [-0.2, -0.15) is 0 Å². The van der Waals surface area contributed by atoms with E-state index in [0.29, 0.717) is 39.6 Å². The van der Waals surface area contributed by atoms with E-state index < -0.39 is 4.92 Å². The van der Waals surface area contributed by atoms with Gasteiger partial charge in [0.25, 0.3) is 11.6 Å². The smallest absolute Gasteiger partial charge is 0.271 e. The Labute approximate surface area is 205 Å². The summed E-state index contributed by atoms with van der Waals surface area (Å²) in [5.74, 6) is 1.66. The lowest BCUT2D eigenvalue weighted by atomic mass is 9.99. The van der Waals surface area contributed by atoms with Crippen molar-refractivity contribution in [2.75, 3.05) is 17.4 Å². The lowest BCUT2D eigenvalue weighted by Gasteiger charge is -2.15. The first-order valence-electron chi connectivity index (χ1n) is 11.1. The van der Waals surface area contributed by atoms with E-state index in [9.17, 15) is 14.9 Å². The second-order valence-electron chi connectivity index (χ2n) is 8.32. The molecule has 1 aromatic heterocycles. The molecule has 2 aliphatic rings. The van der Waals surface area contributed by atoms with Crippen LogP contribution in [0, 0.1) is 10.1 Å². The third-order valence-electron chi connectivity index (χ3n) is 6.10. The van der Waals surface area contributed by atoms with Crippen LogP contribution in [0.25, 0.3) is 22.7 Å². The average molecular weight is 481 g/mol. The minimum Gasteiger partial charge on any atom is -0.454 e. The molecule has 2 N–H and O–H groups in total. The van der Waals surface area contributed by atoms with Crippen molar-refractivity contribution in [3.05, 3.63) is 94.3 Å². The Kier molecular flexibility index (Phi) is 4.92. The molecule has 0 radical (unpaired) electrons. The predicted octanol–water partition coefficient (Wildman–Crippen LogP) is 4.66. The molecule has 0 unspecified atom stereocenters. The summed E-state index contributed by atoms with van der Waals surface area (Å²) in [4.78, 5) is 28.3. The maximum atomic E-state index is 13.2. The molecule has 3 heterocycles. The molecule has 2 aliphatic heterocycles. The Morgan fingerprint density at radius 1 is 1.08 bits per heavy atom. The van der Waals surface area contributed by atoms with E-state index in [1.807, 2.05) is 48.1 Å². The summed E-state index contributed by atoms with van der Waals surface area (Å²) in [6.07, 6.45) is 3.62. The predicted molar refractivity (Wildman–Crippen MR) is 133 cm³/mol. The molecular formula is C26H19N5O5. The summed E-state index contributed by atoms with van der Waals surface area (Å²) < 4.78 is 12.9. The van der Waals surface area contributed by atoms with Gasteiger partial charge >= 0.3 is 0 Å². The number of aryl methyl sites for hydroxylation is 1. The number of nitro groups is 1. The number of non-ortho nitro benzene ring substituents is 1. The van der Waals surface area contributed by atoms with Crippen molar-refractivity contribution in [3.8, 4) is 22.9 Å². The minimum absolute atomic E-state index is 0.0993. The van der Waals surface area contributed by atoms with Crippen LogP contribution in [-0.4, -0.2) is 27.2 Å². The maximum Gasteiger partial charge on any atom is 0.271 e. The molecule has 0 aliphatic carbocycles. The summed E-state index contributed by atoms with van der Waals surface area (Å²) in [6, 6.07) is 17.4. The summed E-state index contributed by atoms with van der Waals surface area (Å²) >= 11 is 0. The van der Waals surface area contributed by atoms with Gasteiger partial charge in [0, 0.05) is 54.0 Å². The molecule has 10 nitrogen and oxygen atoms in total. The van der Waals surface area contributed by atoms with E-state index in [-0.39, 0.29) is 18.4 Å². The number of benzene rings is 3. The quantitative estimate of drug-likeness (QED) is 0.242. The van der Waals surface area contributed by atoms with Crippen LogP contribution in [0.1, 0.15) is 11.1 Å². The molecule has 6 rings (SSSR count). The Balaban J connectivity index is 1.46. The molecule has 0 fully saturated rings. The molecule has 10 heteroatoms. The van der Waals surface area contributed by atoms with Crippen molar-refractivity contribution in [1.29, 1.82) is 0 Å². The van der Waals surface area contributed by atoms with Crippen LogP contribution in [0.4, 0.5) is 17.1 Å². The minimum atomic E-state index is -0.492. The van der Waals surface area contributed by atoms with Crippen LogP contribution in [0.5, 0.6) is 11.5 Å². The highest BCUT2D eigenvalue weighted by Crippen LogP contribution is 2.41. The SMILES string of the molecule is Cn1ccnc1-c1ccc(N/C(=C2\C(=O)Nc3cc([N+](=O)[O-])ccc32)c2ccc3c(c2)OCO3)cc1.